The summed E-state index contributed by atoms with van der Waals surface area (Å²) in [5, 5.41) is 3.16. The van der Waals surface area contributed by atoms with Crippen LogP contribution in [-0.2, 0) is 13.1 Å². The molecule has 0 spiro atoms. The van der Waals surface area contributed by atoms with Gasteiger partial charge in [-0.1, -0.05) is 0 Å². The fraction of sp³-hybridized carbons (Fsp3) is 0.333. The Morgan fingerprint density at radius 1 is 0.917 bits per heavy atom. The molecular weight excluding hydrogens is 220 g/mol. The monoisotopic (exact) mass is 229 g/mol. The second-order valence-corrected chi connectivity index (χ2v) is 2.05. The first kappa shape index (κ1) is 14.4. The van der Waals surface area contributed by atoms with Gasteiger partial charge in [0.25, 0.3) is 0 Å². The van der Waals surface area contributed by atoms with Crippen molar-refractivity contribution in [2.75, 3.05) is 0 Å². The Morgan fingerprint density at radius 3 is 1.75 bits per heavy atom. The number of hydrogen-bond donors (Lipinski definition) is 1. The van der Waals surface area contributed by atoms with Gasteiger partial charge in [-0.15, -0.1) is 37.2 Å². The molecular formula is C6H10Cl3N3. The first-order valence-electron chi connectivity index (χ1n) is 2.96. The minimum absolute atomic E-state index is 0. The lowest BCUT2D eigenvalue weighted by Gasteiger charge is -1.89. The topological polar surface area (TPSA) is 37.8 Å². The quantitative estimate of drug-likeness (QED) is 0.731. The molecule has 2 rings (SSSR count). The van der Waals surface area contributed by atoms with Gasteiger partial charge < -0.3 is 5.32 Å². The van der Waals surface area contributed by atoms with Gasteiger partial charge in [0.05, 0.1) is 11.4 Å². The Hall–Kier alpha value is -0.0900. The van der Waals surface area contributed by atoms with E-state index in [1.807, 2.05) is 0 Å². The van der Waals surface area contributed by atoms with Gasteiger partial charge in [0.1, 0.15) is 0 Å². The average molecular weight is 231 g/mol. The normalized spacial score (nSPS) is 11.7. The molecule has 0 radical (unpaired) electrons. The second kappa shape index (κ2) is 6.43. The predicted molar refractivity (Wildman–Crippen MR) is 54.3 cm³/mol. The van der Waals surface area contributed by atoms with Crippen LogP contribution < -0.4 is 5.32 Å². The standard InChI is InChI=1S/C6H7N3.3ClH/c1-2-9-6-4-7-3-5(6)8-1;;;/h1-2,7H,3-4H2;3*1H. The highest BCUT2D eigenvalue weighted by molar-refractivity contribution is 5.86. The summed E-state index contributed by atoms with van der Waals surface area (Å²) in [4.78, 5) is 8.27. The Morgan fingerprint density at radius 2 is 1.33 bits per heavy atom. The van der Waals surface area contributed by atoms with Gasteiger partial charge in [-0.2, -0.15) is 0 Å². The van der Waals surface area contributed by atoms with Gasteiger partial charge in [-0.3, -0.25) is 9.97 Å². The van der Waals surface area contributed by atoms with Crippen molar-refractivity contribution in [1.82, 2.24) is 15.3 Å². The first-order valence-corrected chi connectivity index (χ1v) is 2.96. The van der Waals surface area contributed by atoms with Crippen LogP contribution >= 0.6 is 37.2 Å². The molecule has 1 aliphatic heterocycles. The third-order valence-electron chi connectivity index (χ3n) is 1.45. The van der Waals surface area contributed by atoms with E-state index in [-0.39, 0.29) is 37.2 Å². The number of nitrogens with one attached hydrogen (secondary N) is 1. The van der Waals surface area contributed by atoms with E-state index >= 15 is 0 Å². The molecule has 1 aromatic heterocycles. The third-order valence-corrected chi connectivity index (χ3v) is 1.45. The minimum atomic E-state index is 0. The summed E-state index contributed by atoms with van der Waals surface area (Å²) < 4.78 is 0. The zero-order valence-electron chi connectivity index (χ0n) is 6.19. The lowest BCUT2D eigenvalue weighted by atomic mass is 10.4. The molecule has 0 unspecified atom stereocenters. The maximum atomic E-state index is 4.13. The van der Waals surface area contributed by atoms with Crippen molar-refractivity contribution in [1.29, 1.82) is 0 Å². The largest absolute Gasteiger partial charge is 0.305 e. The van der Waals surface area contributed by atoms with Crippen LogP contribution in [0.2, 0.25) is 0 Å². The SMILES string of the molecule is Cl.Cl.Cl.c1cnc2c(n1)CNC2. The Balaban J connectivity index is 0. The highest BCUT2D eigenvalue weighted by Crippen LogP contribution is 2.06. The molecule has 70 valence electrons. The maximum absolute atomic E-state index is 4.13. The zero-order chi connectivity index (χ0) is 6.10. The molecule has 0 amide bonds. The molecule has 0 fully saturated rings. The summed E-state index contributed by atoms with van der Waals surface area (Å²) in [7, 11) is 0. The van der Waals surface area contributed by atoms with Gasteiger partial charge in [0.2, 0.25) is 0 Å². The van der Waals surface area contributed by atoms with Crippen molar-refractivity contribution in [3.8, 4) is 0 Å². The predicted octanol–water partition coefficient (Wildman–Crippen LogP) is 1.35. The lowest BCUT2D eigenvalue weighted by molar-refractivity contribution is 0.753. The number of nitrogens with zero attached hydrogens (tertiary/aromatic N) is 2. The first-order chi connectivity index (χ1) is 4.47. The number of halogens is 3. The van der Waals surface area contributed by atoms with Crippen LogP contribution in [-0.4, -0.2) is 9.97 Å². The van der Waals surface area contributed by atoms with Crippen molar-refractivity contribution in [2.24, 2.45) is 0 Å². The third kappa shape index (κ3) is 2.75. The van der Waals surface area contributed by atoms with Crippen molar-refractivity contribution in [3.05, 3.63) is 23.8 Å². The molecule has 1 aromatic rings. The maximum Gasteiger partial charge on any atom is 0.0770 e. The molecule has 0 saturated heterocycles. The molecule has 1 N–H and O–H groups in total. The molecule has 0 aromatic carbocycles. The summed E-state index contributed by atoms with van der Waals surface area (Å²) in [6.45, 7) is 1.76. The average Bonchev–Trinajstić information content (AvgIpc) is 2.33. The van der Waals surface area contributed by atoms with Crippen LogP contribution in [0.1, 0.15) is 11.4 Å². The van der Waals surface area contributed by atoms with E-state index in [9.17, 15) is 0 Å². The van der Waals surface area contributed by atoms with E-state index in [0.29, 0.717) is 0 Å². The molecule has 6 heteroatoms. The molecule has 0 atom stereocenters. The fourth-order valence-corrected chi connectivity index (χ4v) is 0.990. The van der Waals surface area contributed by atoms with Gasteiger partial charge in [0, 0.05) is 25.5 Å². The van der Waals surface area contributed by atoms with E-state index in [1.54, 1.807) is 12.4 Å². The smallest absolute Gasteiger partial charge is 0.0770 e. The summed E-state index contributed by atoms with van der Waals surface area (Å²) in [5.74, 6) is 0. The van der Waals surface area contributed by atoms with Gasteiger partial charge in [-0.25, -0.2) is 0 Å². The highest BCUT2D eigenvalue weighted by Gasteiger charge is 2.09. The van der Waals surface area contributed by atoms with E-state index in [1.165, 1.54) is 0 Å². The zero-order valence-corrected chi connectivity index (χ0v) is 8.64. The minimum Gasteiger partial charge on any atom is -0.305 e. The second-order valence-electron chi connectivity index (χ2n) is 2.05. The lowest BCUT2D eigenvalue weighted by Crippen LogP contribution is -2.00. The molecule has 0 aliphatic carbocycles. The van der Waals surface area contributed by atoms with Gasteiger partial charge in [-0.05, 0) is 0 Å². The fourth-order valence-electron chi connectivity index (χ4n) is 0.990. The van der Waals surface area contributed by atoms with E-state index in [4.69, 9.17) is 0 Å². The van der Waals surface area contributed by atoms with Crippen LogP contribution in [0.15, 0.2) is 12.4 Å². The summed E-state index contributed by atoms with van der Waals surface area (Å²) >= 11 is 0. The van der Waals surface area contributed by atoms with Crippen LogP contribution in [0.25, 0.3) is 0 Å². The van der Waals surface area contributed by atoms with Crippen molar-refractivity contribution >= 4 is 37.2 Å². The van der Waals surface area contributed by atoms with Crippen molar-refractivity contribution in [3.63, 3.8) is 0 Å². The molecule has 1 aliphatic rings. The summed E-state index contributed by atoms with van der Waals surface area (Å²) in [6.07, 6.45) is 3.46. The Labute approximate surface area is 89.6 Å². The molecule has 12 heavy (non-hydrogen) atoms. The number of fused-ring (bicyclic) bond motifs is 1. The van der Waals surface area contributed by atoms with Crippen LogP contribution in [0, 0.1) is 0 Å². The van der Waals surface area contributed by atoms with E-state index in [2.05, 4.69) is 15.3 Å². The Kier molecular flexibility index (Phi) is 7.73. The number of rotatable bonds is 0. The Bertz CT molecular complexity index is 208. The molecule has 2 heterocycles. The van der Waals surface area contributed by atoms with E-state index in [0.717, 1.165) is 24.5 Å². The van der Waals surface area contributed by atoms with Crippen molar-refractivity contribution in [2.45, 2.75) is 13.1 Å². The summed E-state index contributed by atoms with van der Waals surface area (Å²) in [5.41, 5.74) is 2.19. The van der Waals surface area contributed by atoms with Gasteiger partial charge in [0.15, 0.2) is 0 Å². The molecule has 0 bridgehead atoms. The molecule has 0 saturated carbocycles. The van der Waals surface area contributed by atoms with Crippen LogP contribution in [0.5, 0.6) is 0 Å². The van der Waals surface area contributed by atoms with Crippen LogP contribution in [0.4, 0.5) is 0 Å². The van der Waals surface area contributed by atoms with Crippen LogP contribution in [0.3, 0.4) is 0 Å². The van der Waals surface area contributed by atoms with E-state index < -0.39 is 0 Å². The molecule has 3 nitrogen and oxygen atoms in total. The number of aromatic nitrogens is 2. The highest BCUT2D eigenvalue weighted by atomic mass is 35.5. The van der Waals surface area contributed by atoms with Crippen molar-refractivity contribution < 1.29 is 0 Å². The summed E-state index contributed by atoms with van der Waals surface area (Å²) in [6, 6.07) is 0. The van der Waals surface area contributed by atoms with Gasteiger partial charge >= 0.3 is 0 Å². The number of hydrogen-bond acceptors (Lipinski definition) is 3.